The molecule has 2 aliphatic carbocycles. The van der Waals surface area contributed by atoms with Crippen LogP contribution in [0.2, 0.25) is 4.34 Å². The van der Waals surface area contributed by atoms with Crippen LogP contribution in [0.5, 0.6) is 0 Å². The van der Waals surface area contributed by atoms with E-state index >= 15 is 0 Å². The van der Waals surface area contributed by atoms with E-state index < -0.39 is 0 Å². The van der Waals surface area contributed by atoms with E-state index in [4.69, 9.17) is 16.3 Å². The molecule has 0 saturated heterocycles. The number of halogens is 1. The Morgan fingerprint density at radius 2 is 2.21 bits per heavy atom. The van der Waals surface area contributed by atoms with Gasteiger partial charge in [0.1, 0.15) is 0 Å². The molecule has 0 aromatic carbocycles. The van der Waals surface area contributed by atoms with Crippen molar-refractivity contribution in [1.29, 1.82) is 0 Å². The Kier molecular flexibility index (Phi) is 4.18. The van der Waals surface area contributed by atoms with E-state index in [1.54, 1.807) is 11.3 Å². The zero-order valence-electron chi connectivity index (χ0n) is 11.5. The lowest BCUT2D eigenvalue weighted by Crippen LogP contribution is -2.62. The van der Waals surface area contributed by atoms with Crippen molar-refractivity contribution in [3.63, 3.8) is 0 Å². The molecule has 2 fully saturated rings. The highest BCUT2D eigenvalue weighted by atomic mass is 35.5. The number of thiophene rings is 1. The van der Waals surface area contributed by atoms with Gasteiger partial charge in [0, 0.05) is 29.5 Å². The number of nitrogens with one attached hydrogen (secondary N) is 1. The Labute approximate surface area is 124 Å². The summed E-state index contributed by atoms with van der Waals surface area (Å²) in [5, 5.41) is 3.74. The Morgan fingerprint density at radius 1 is 1.42 bits per heavy atom. The summed E-state index contributed by atoms with van der Waals surface area (Å²) >= 11 is 7.66. The summed E-state index contributed by atoms with van der Waals surface area (Å²) in [6.45, 7) is 3.90. The first-order chi connectivity index (χ1) is 9.24. The summed E-state index contributed by atoms with van der Waals surface area (Å²) in [5.74, 6) is 0. The molecule has 19 heavy (non-hydrogen) atoms. The molecule has 2 aliphatic rings. The highest BCUT2D eigenvalue weighted by Gasteiger charge is 2.56. The van der Waals surface area contributed by atoms with Crippen molar-refractivity contribution < 1.29 is 4.74 Å². The van der Waals surface area contributed by atoms with Crippen LogP contribution < -0.4 is 5.32 Å². The Bertz CT molecular complexity index is 428. The van der Waals surface area contributed by atoms with Crippen molar-refractivity contribution in [2.45, 2.75) is 57.7 Å². The van der Waals surface area contributed by atoms with Crippen LogP contribution in [0.4, 0.5) is 0 Å². The molecule has 1 spiro atoms. The average molecular weight is 300 g/mol. The minimum absolute atomic E-state index is 0.428. The fourth-order valence-corrected chi connectivity index (χ4v) is 4.88. The van der Waals surface area contributed by atoms with E-state index in [9.17, 15) is 0 Å². The third kappa shape index (κ3) is 2.58. The quantitative estimate of drug-likeness (QED) is 0.878. The molecule has 0 aliphatic heterocycles. The standard InChI is InChI=1S/C15H22ClNOS/c1-2-18-13-9-12(15(13)7-3-4-8-15)17-10-11-5-6-14(16)19-11/h5-6,12-13,17H,2-4,7-10H2,1H3. The van der Waals surface area contributed by atoms with Crippen molar-refractivity contribution in [2.75, 3.05) is 6.61 Å². The highest BCUT2D eigenvalue weighted by Crippen LogP contribution is 2.54. The van der Waals surface area contributed by atoms with Crippen molar-refractivity contribution in [1.82, 2.24) is 5.32 Å². The first-order valence-corrected chi connectivity index (χ1v) is 8.53. The second-order valence-corrected chi connectivity index (χ2v) is 7.56. The normalized spacial score (nSPS) is 28.7. The largest absolute Gasteiger partial charge is 0.378 e. The molecule has 106 valence electrons. The van der Waals surface area contributed by atoms with Crippen molar-refractivity contribution in [3.8, 4) is 0 Å². The number of hydrogen-bond acceptors (Lipinski definition) is 3. The fourth-order valence-electron chi connectivity index (χ4n) is 3.84. The third-order valence-corrected chi connectivity index (χ3v) is 6.07. The van der Waals surface area contributed by atoms with E-state index in [2.05, 4.69) is 18.3 Å². The van der Waals surface area contributed by atoms with Gasteiger partial charge >= 0.3 is 0 Å². The maximum absolute atomic E-state index is 5.98. The molecule has 4 heteroatoms. The van der Waals surface area contributed by atoms with Gasteiger partial charge in [0.2, 0.25) is 0 Å². The topological polar surface area (TPSA) is 21.3 Å². The van der Waals surface area contributed by atoms with Gasteiger partial charge in [-0.25, -0.2) is 0 Å². The molecule has 1 heterocycles. The van der Waals surface area contributed by atoms with Crippen molar-refractivity contribution in [3.05, 3.63) is 21.3 Å². The van der Waals surface area contributed by atoms with E-state index in [0.717, 1.165) is 17.5 Å². The lowest BCUT2D eigenvalue weighted by molar-refractivity contribution is -0.130. The van der Waals surface area contributed by atoms with Crippen LogP contribution in [0.15, 0.2) is 12.1 Å². The van der Waals surface area contributed by atoms with Crippen molar-refractivity contribution in [2.24, 2.45) is 5.41 Å². The average Bonchev–Trinajstić information content (AvgIpc) is 3.03. The molecule has 3 rings (SSSR count). The third-order valence-electron chi connectivity index (χ3n) is 4.84. The molecule has 2 nitrogen and oxygen atoms in total. The smallest absolute Gasteiger partial charge is 0.0931 e. The summed E-state index contributed by atoms with van der Waals surface area (Å²) in [6, 6.07) is 4.74. The molecule has 2 unspecified atom stereocenters. The van der Waals surface area contributed by atoms with Crippen LogP contribution in [-0.2, 0) is 11.3 Å². The van der Waals surface area contributed by atoms with Crippen LogP contribution in [-0.4, -0.2) is 18.8 Å². The van der Waals surface area contributed by atoms with Crippen molar-refractivity contribution >= 4 is 22.9 Å². The zero-order chi connectivity index (χ0) is 13.3. The molecule has 1 N–H and O–H groups in total. The minimum atomic E-state index is 0.428. The predicted octanol–water partition coefficient (Wildman–Crippen LogP) is 4.23. The number of rotatable bonds is 5. The lowest BCUT2D eigenvalue weighted by atomic mass is 9.60. The molecule has 0 bridgehead atoms. The lowest BCUT2D eigenvalue weighted by Gasteiger charge is -2.54. The number of hydrogen-bond donors (Lipinski definition) is 1. The van der Waals surface area contributed by atoms with Gasteiger partial charge in [-0.3, -0.25) is 0 Å². The first kappa shape index (κ1) is 13.9. The van der Waals surface area contributed by atoms with Crippen LogP contribution in [0, 0.1) is 5.41 Å². The van der Waals surface area contributed by atoms with Crippen LogP contribution in [0.3, 0.4) is 0 Å². The van der Waals surface area contributed by atoms with E-state index in [1.165, 1.54) is 37.0 Å². The zero-order valence-corrected chi connectivity index (χ0v) is 13.0. The first-order valence-electron chi connectivity index (χ1n) is 7.34. The Balaban J connectivity index is 1.59. The van der Waals surface area contributed by atoms with Crippen LogP contribution in [0.25, 0.3) is 0 Å². The van der Waals surface area contributed by atoms with Gasteiger partial charge in [-0.05, 0) is 38.3 Å². The van der Waals surface area contributed by atoms with E-state index in [-0.39, 0.29) is 0 Å². The SMILES string of the molecule is CCOC1CC(NCc2ccc(Cl)s2)C12CCCC2. The monoisotopic (exact) mass is 299 g/mol. The molecular formula is C15H22ClNOS. The minimum Gasteiger partial charge on any atom is -0.378 e. The summed E-state index contributed by atoms with van der Waals surface area (Å²) in [7, 11) is 0. The summed E-state index contributed by atoms with van der Waals surface area (Å²) in [4.78, 5) is 1.33. The van der Waals surface area contributed by atoms with Gasteiger partial charge in [-0.2, -0.15) is 0 Å². The van der Waals surface area contributed by atoms with E-state index in [0.29, 0.717) is 17.6 Å². The second-order valence-electron chi connectivity index (χ2n) is 5.76. The van der Waals surface area contributed by atoms with Crippen LogP contribution >= 0.6 is 22.9 Å². The summed E-state index contributed by atoms with van der Waals surface area (Å²) in [5.41, 5.74) is 0.428. The van der Waals surface area contributed by atoms with Gasteiger partial charge in [0.25, 0.3) is 0 Å². The Morgan fingerprint density at radius 3 is 2.84 bits per heavy atom. The van der Waals surface area contributed by atoms with E-state index in [1.807, 2.05) is 6.07 Å². The fraction of sp³-hybridized carbons (Fsp3) is 0.733. The van der Waals surface area contributed by atoms with Gasteiger partial charge in [0.15, 0.2) is 0 Å². The molecule has 0 amide bonds. The van der Waals surface area contributed by atoms with Gasteiger partial charge < -0.3 is 10.1 Å². The maximum Gasteiger partial charge on any atom is 0.0931 e. The number of ether oxygens (including phenoxy) is 1. The maximum atomic E-state index is 5.98. The molecule has 1 aromatic heterocycles. The summed E-state index contributed by atoms with van der Waals surface area (Å²) < 4.78 is 6.83. The molecule has 0 radical (unpaired) electrons. The van der Waals surface area contributed by atoms with Crippen LogP contribution in [0.1, 0.15) is 43.9 Å². The van der Waals surface area contributed by atoms with Gasteiger partial charge in [-0.1, -0.05) is 24.4 Å². The van der Waals surface area contributed by atoms with Gasteiger partial charge in [0.05, 0.1) is 10.4 Å². The highest BCUT2D eigenvalue weighted by molar-refractivity contribution is 7.16. The molecular weight excluding hydrogens is 278 g/mol. The molecule has 2 saturated carbocycles. The van der Waals surface area contributed by atoms with Gasteiger partial charge in [-0.15, -0.1) is 11.3 Å². The molecule has 2 atom stereocenters. The second kappa shape index (κ2) is 5.72. The summed E-state index contributed by atoms with van der Waals surface area (Å²) in [6.07, 6.45) is 7.07. The predicted molar refractivity (Wildman–Crippen MR) is 80.9 cm³/mol. The molecule has 1 aromatic rings. The Hall–Kier alpha value is -0.0900.